The fourth-order valence-corrected chi connectivity index (χ4v) is 4.75. The van der Waals surface area contributed by atoms with E-state index in [4.69, 9.17) is 16.3 Å². The van der Waals surface area contributed by atoms with Gasteiger partial charge in [-0.1, -0.05) is 48.7 Å². The summed E-state index contributed by atoms with van der Waals surface area (Å²) in [5.74, 6) is -0.270. The van der Waals surface area contributed by atoms with E-state index in [0.717, 1.165) is 35.6 Å². The summed E-state index contributed by atoms with van der Waals surface area (Å²) >= 11 is 5.99. The lowest BCUT2D eigenvalue weighted by Gasteiger charge is -2.27. The van der Waals surface area contributed by atoms with Gasteiger partial charge in [-0.15, -0.1) is 0 Å². The van der Waals surface area contributed by atoms with Crippen LogP contribution in [0.15, 0.2) is 53.4 Å². The number of nitrogens with zero attached hydrogens (tertiary/aromatic N) is 1. The summed E-state index contributed by atoms with van der Waals surface area (Å²) in [4.78, 5) is 13.2. The Labute approximate surface area is 171 Å². The molecule has 0 amide bonds. The van der Waals surface area contributed by atoms with Crippen LogP contribution < -0.4 is 0 Å². The molecule has 2 aromatic rings. The fraction of sp³-hybridized carbons (Fsp3) is 0.381. The summed E-state index contributed by atoms with van der Waals surface area (Å²) in [5, 5.41) is 0.629. The van der Waals surface area contributed by atoms with Crippen molar-refractivity contribution < 1.29 is 17.9 Å². The van der Waals surface area contributed by atoms with Crippen LogP contribution in [0.5, 0.6) is 0 Å². The van der Waals surface area contributed by atoms with E-state index in [-0.39, 0.29) is 17.5 Å². The minimum absolute atomic E-state index is 0.0327. The average Bonchev–Trinajstić information content (AvgIpc) is 3.18. The van der Waals surface area contributed by atoms with Gasteiger partial charge in [0.05, 0.1) is 10.3 Å². The molecule has 28 heavy (non-hydrogen) atoms. The van der Waals surface area contributed by atoms with Crippen LogP contribution in [0.25, 0.3) is 0 Å². The summed E-state index contributed by atoms with van der Waals surface area (Å²) in [5.41, 5.74) is 0.904. The molecule has 0 bridgehead atoms. The zero-order valence-corrected chi connectivity index (χ0v) is 17.6. The molecular weight excluding hydrogens is 398 g/mol. The van der Waals surface area contributed by atoms with Crippen LogP contribution in [0.2, 0.25) is 5.02 Å². The van der Waals surface area contributed by atoms with Gasteiger partial charge in [0.15, 0.2) is 0 Å². The summed E-state index contributed by atoms with van der Waals surface area (Å²) < 4.78 is 31.4. The van der Waals surface area contributed by atoms with Crippen LogP contribution in [0.4, 0.5) is 0 Å². The largest absolute Gasteiger partial charge is 0.460 e. The first-order valence-electron chi connectivity index (χ1n) is 9.20. The van der Waals surface area contributed by atoms with Crippen LogP contribution in [0.1, 0.15) is 36.8 Å². The van der Waals surface area contributed by atoms with Gasteiger partial charge in [-0.05, 0) is 48.2 Å². The van der Waals surface area contributed by atoms with Gasteiger partial charge >= 0.3 is 5.97 Å². The number of carbonyl (C=O) groups excluding carboxylic acids is 1. The fourth-order valence-electron chi connectivity index (χ4n) is 3.65. The normalized spacial score (nSPS) is 16.3. The number of hydrogen-bond acceptors (Lipinski definition) is 4. The average molecular weight is 422 g/mol. The molecule has 0 heterocycles. The van der Waals surface area contributed by atoms with Gasteiger partial charge in [0.2, 0.25) is 10.0 Å². The van der Waals surface area contributed by atoms with E-state index in [1.165, 1.54) is 20.2 Å². The zero-order chi connectivity index (χ0) is 20.4. The monoisotopic (exact) mass is 421 g/mol. The Morgan fingerprint density at radius 3 is 2.36 bits per heavy atom. The summed E-state index contributed by atoms with van der Waals surface area (Å²) in [7, 11) is -0.564. The molecule has 1 fully saturated rings. The first-order chi connectivity index (χ1) is 13.3. The molecule has 1 saturated carbocycles. The Balaban J connectivity index is 1.78. The molecule has 150 valence electrons. The second-order valence-electron chi connectivity index (χ2n) is 7.31. The standard InChI is InChI=1S/C21H24ClNO4S/c1-23(2)28(25,26)19-7-5-6-16(14-19)15-27-20(24)21(12-3-4-13-21)17-8-10-18(22)11-9-17/h5-11,14H,3-4,12-13,15H2,1-2H3. The highest BCUT2D eigenvalue weighted by Gasteiger charge is 2.44. The molecular formula is C21H24ClNO4S. The topological polar surface area (TPSA) is 63.7 Å². The molecule has 2 aromatic carbocycles. The minimum atomic E-state index is -3.53. The maximum absolute atomic E-state index is 13.0. The van der Waals surface area contributed by atoms with Gasteiger partial charge in [-0.3, -0.25) is 4.79 Å². The molecule has 0 unspecified atom stereocenters. The van der Waals surface area contributed by atoms with E-state index >= 15 is 0 Å². The van der Waals surface area contributed by atoms with Gasteiger partial charge in [0, 0.05) is 19.1 Å². The van der Waals surface area contributed by atoms with Gasteiger partial charge in [0.25, 0.3) is 0 Å². The van der Waals surface area contributed by atoms with Crippen LogP contribution >= 0.6 is 11.6 Å². The third-order valence-electron chi connectivity index (χ3n) is 5.29. The van der Waals surface area contributed by atoms with Crippen molar-refractivity contribution in [1.82, 2.24) is 4.31 Å². The lowest BCUT2D eigenvalue weighted by atomic mass is 9.79. The zero-order valence-electron chi connectivity index (χ0n) is 16.0. The number of carbonyl (C=O) groups is 1. The molecule has 0 spiro atoms. The minimum Gasteiger partial charge on any atom is -0.460 e. The smallest absolute Gasteiger partial charge is 0.316 e. The highest BCUT2D eigenvalue weighted by Crippen LogP contribution is 2.42. The molecule has 0 saturated heterocycles. The summed E-state index contributed by atoms with van der Waals surface area (Å²) in [6.07, 6.45) is 3.41. The van der Waals surface area contributed by atoms with Crippen LogP contribution in [0.3, 0.4) is 0 Å². The molecule has 0 atom stereocenters. The number of sulfonamides is 1. The summed E-state index contributed by atoms with van der Waals surface area (Å²) in [6.45, 7) is 0.0327. The van der Waals surface area contributed by atoms with Crippen molar-refractivity contribution in [3.63, 3.8) is 0 Å². The van der Waals surface area contributed by atoms with E-state index in [0.29, 0.717) is 10.6 Å². The maximum atomic E-state index is 13.0. The predicted molar refractivity (Wildman–Crippen MR) is 109 cm³/mol. The lowest BCUT2D eigenvalue weighted by Crippen LogP contribution is -2.34. The van der Waals surface area contributed by atoms with Crippen molar-refractivity contribution in [1.29, 1.82) is 0 Å². The second kappa shape index (κ2) is 8.23. The van der Waals surface area contributed by atoms with Gasteiger partial charge in [-0.2, -0.15) is 0 Å². The Morgan fingerprint density at radius 1 is 1.11 bits per heavy atom. The van der Waals surface area contributed by atoms with E-state index in [1.54, 1.807) is 30.3 Å². The van der Waals surface area contributed by atoms with Crippen molar-refractivity contribution in [2.75, 3.05) is 14.1 Å². The third-order valence-corrected chi connectivity index (χ3v) is 7.35. The molecule has 0 radical (unpaired) electrons. The van der Waals surface area contributed by atoms with Crippen molar-refractivity contribution in [3.8, 4) is 0 Å². The van der Waals surface area contributed by atoms with Crippen molar-refractivity contribution in [3.05, 3.63) is 64.7 Å². The highest BCUT2D eigenvalue weighted by molar-refractivity contribution is 7.89. The first-order valence-corrected chi connectivity index (χ1v) is 11.0. The molecule has 5 nitrogen and oxygen atoms in total. The van der Waals surface area contributed by atoms with E-state index in [2.05, 4.69) is 0 Å². The van der Waals surface area contributed by atoms with E-state index < -0.39 is 15.4 Å². The Bertz CT molecular complexity index is 949. The molecule has 7 heteroatoms. The lowest BCUT2D eigenvalue weighted by molar-refractivity contribution is -0.152. The molecule has 1 aliphatic rings. The maximum Gasteiger partial charge on any atom is 0.316 e. The Hall–Kier alpha value is -1.89. The van der Waals surface area contributed by atoms with E-state index in [1.807, 2.05) is 12.1 Å². The molecule has 1 aliphatic carbocycles. The highest BCUT2D eigenvalue weighted by atomic mass is 35.5. The predicted octanol–water partition coefficient (Wildman–Crippen LogP) is 4.15. The molecule has 0 aromatic heterocycles. The molecule has 0 N–H and O–H groups in total. The van der Waals surface area contributed by atoms with Gasteiger partial charge in [-0.25, -0.2) is 12.7 Å². The number of halogens is 1. The molecule has 3 rings (SSSR count). The second-order valence-corrected chi connectivity index (χ2v) is 9.90. The van der Waals surface area contributed by atoms with Crippen molar-refractivity contribution >= 4 is 27.6 Å². The first kappa shape index (κ1) is 20.8. The van der Waals surface area contributed by atoms with Crippen LogP contribution in [0, 0.1) is 0 Å². The van der Waals surface area contributed by atoms with Gasteiger partial charge < -0.3 is 4.74 Å². The summed E-state index contributed by atoms with van der Waals surface area (Å²) in [6, 6.07) is 13.9. The quantitative estimate of drug-likeness (QED) is 0.657. The molecule has 0 aliphatic heterocycles. The Kier molecular flexibility index (Phi) is 6.12. The SMILES string of the molecule is CN(C)S(=O)(=O)c1cccc(COC(=O)C2(c3ccc(Cl)cc3)CCCC2)c1. The van der Waals surface area contributed by atoms with Gasteiger partial charge in [0.1, 0.15) is 6.61 Å². The number of ether oxygens (including phenoxy) is 1. The number of rotatable bonds is 6. The van der Waals surface area contributed by atoms with Crippen molar-refractivity contribution in [2.24, 2.45) is 0 Å². The Morgan fingerprint density at radius 2 is 1.75 bits per heavy atom. The number of esters is 1. The van der Waals surface area contributed by atoms with Crippen molar-refractivity contribution in [2.45, 2.75) is 42.6 Å². The number of benzene rings is 2. The van der Waals surface area contributed by atoms with Crippen LogP contribution in [-0.2, 0) is 31.6 Å². The third kappa shape index (κ3) is 4.09. The van der Waals surface area contributed by atoms with Crippen LogP contribution in [-0.4, -0.2) is 32.8 Å². The number of hydrogen-bond donors (Lipinski definition) is 0. The van der Waals surface area contributed by atoms with E-state index in [9.17, 15) is 13.2 Å².